The van der Waals surface area contributed by atoms with Crippen molar-refractivity contribution in [1.82, 2.24) is 0 Å². The number of anilines is 1. The normalized spacial score (nSPS) is 11.7. The minimum absolute atomic E-state index is 0.0418. The summed E-state index contributed by atoms with van der Waals surface area (Å²) < 4.78 is 0. The standard InChI is InChI=1S/C18H20N2O2/c1-2-6-16(13-7-4-3-5-8-13)18(22)20-15-11-9-14(10-12-15)17(19)21/h3-5,7-12,16H,2,6H2,1H3,(H2,19,21)(H,20,22)/t16-/m1/s1. The van der Waals surface area contributed by atoms with Gasteiger partial charge in [-0.1, -0.05) is 43.7 Å². The van der Waals surface area contributed by atoms with Crippen LogP contribution in [-0.4, -0.2) is 11.8 Å². The SMILES string of the molecule is CCC[C@@H](C(=O)Nc1ccc(C(N)=O)cc1)c1ccccc1. The van der Waals surface area contributed by atoms with Gasteiger partial charge >= 0.3 is 0 Å². The molecule has 0 spiro atoms. The monoisotopic (exact) mass is 296 g/mol. The van der Waals surface area contributed by atoms with Crippen molar-refractivity contribution in [1.29, 1.82) is 0 Å². The van der Waals surface area contributed by atoms with Crippen LogP contribution in [0.1, 0.15) is 41.6 Å². The second-order valence-electron chi connectivity index (χ2n) is 5.18. The Kier molecular flexibility index (Phi) is 5.31. The Morgan fingerprint density at radius 3 is 2.23 bits per heavy atom. The number of hydrogen-bond acceptors (Lipinski definition) is 2. The third-order valence-electron chi connectivity index (χ3n) is 3.53. The molecule has 0 fully saturated rings. The van der Waals surface area contributed by atoms with Crippen LogP contribution < -0.4 is 11.1 Å². The molecule has 2 rings (SSSR count). The number of hydrogen-bond donors (Lipinski definition) is 2. The molecule has 2 aromatic rings. The number of benzene rings is 2. The fourth-order valence-corrected chi connectivity index (χ4v) is 2.37. The molecule has 22 heavy (non-hydrogen) atoms. The summed E-state index contributed by atoms with van der Waals surface area (Å²) in [5.41, 5.74) is 7.29. The quantitative estimate of drug-likeness (QED) is 0.858. The Morgan fingerprint density at radius 2 is 1.68 bits per heavy atom. The zero-order chi connectivity index (χ0) is 15.9. The third-order valence-corrected chi connectivity index (χ3v) is 3.53. The van der Waals surface area contributed by atoms with Gasteiger partial charge in [-0.25, -0.2) is 0 Å². The maximum atomic E-state index is 12.5. The van der Waals surface area contributed by atoms with Gasteiger partial charge in [-0.2, -0.15) is 0 Å². The zero-order valence-corrected chi connectivity index (χ0v) is 12.6. The lowest BCUT2D eigenvalue weighted by atomic mass is 9.93. The molecule has 3 N–H and O–H groups in total. The number of primary amides is 1. The Labute approximate surface area is 130 Å². The van der Waals surface area contributed by atoms with Crippen LogP contribution in [0.25, 0.3) is 0 Å². The molecule has 0 aliphatic carbocycles. The van der Waals surface area contributed by atoms with Crippen molar-refractivity contribution in [2.24, 2.45) is 5.73 Å². The van der Waals surface area contributed by atoms with Crippen LogP contribution >= 0.6 is 0 Å². The van der Waals surface area contributed by atoms with Crippen molar-refractivity contribution in [2.75, 3.05) is 5.32 Å². The number of nitrogens with one attached hydrogen (secondary N) is 1. The average Bonchev–Trinajstić information content (AvgIpc) is 2.53. The molecule has 4 heteroatoms. The van der Waals surface area contributed by atoms with Gasteiger partial charge in [0.15, 0.2) is 0 Å². The number of amides is 2. The molecule has 114 valence electrons. The van der Waals surface area contributed by atoms with Gasteiger partial charge in [0.25, 0.3) is 0 Å². The van der Waals surface area contributed by atoms with E-state index in [9.17, 15) is 9.59 Å². The summed E-state index contributed by atoms with van der Waals surface area (Å²) in [6.07, 6.45) is 1.71. The summed E-state index contributed by atoms with van der Waals surface area (Å²) >= 11 is 0. The first-order valence-corrected chi connectivity index (χ1v) is 7.37. The van der Waals surface area contributed by atoms with Crippen molar-refractivity contribution in [2.45, 2.75) is 25.7 Å². The molecule has 0 aromatic heterocycles. The van der Waals surface area contributed by atoms with Crippen LogP contribution in [0.5, 0.6) is 0 Å². The van der Waals surface area contributed by atoms with E-state index < -0.39 is 5.91 Å². The van der Waals surface area contributed by atoms with Crippen LogP contribution in [0.3, 0.4) is 0 Å². The second kappa shape index (κ2) is 7.41. The van der Waals surface area contributed by atoms with E-state index in [2.05, 4.69) is 12.2 Å². The first-order chi connectivity index (χ1) is 10.6. The number of rotatable bonds is 6. The van der Waals surface area contributed by atoms with Crippen molar-refractivity contribution >= 4 is 17.5 Å². The molecule has 0 bridgehead atoms. The fraction of sp³-hybridized carbons (Fsp3) is 0.222. The maximum absolute atomic E-state index is 12.5. The predicted molar refractivity (Wildman–Crippen MR) is 87.7 cm³/mol. The van der Waals surface area contributed by atoms with E-state index in [0.717, 1.165) is 18.4 Å². The first-order valence-electron chi connectivity index (χ1n) is 7.37. The molecule has 0 unspecified atom stereocenters. The maximum Gasteiger partial charge on any atom is 0.248 e. The lowest BCUT2D eigenvalue weighted by molar-refractivity contribution is -0.117. The molecular formula is C18H20N2O2. The number of nitrogens with two attached hydrogens (primary N) is 1. The van der Waals surface area contributed by atoms with Gasteiger partial charge in [-0.15, -0.1) is 0 Å². The van der Waals surface area contributed by atoms with Crippen LogP contribution in [-0.2, 0) is 4.79 Å². The summed E-state index contributed by atoms with van der Waals surface area (Å²) in [6.45, 7) is 2.06. The molecule has 0 saturated carbocycles. The number of carbonyl (C=O) groups excluding carboxylic acids is 2. The molecule has 4 nitrogen and oxygen atoms in total. The lowest BCUT2D eigenvalue weighted by Crippen LogP contribution is -2.21. The Bertz CT molecular complexity index is 636. The molecule has 0 aliphatic rings. The van der Waals surface area contributed by atoms with Gasteiger partial charge in [0.1, 0.15) is 0 Å². The Morgan fingerprint density at radius 1 is 1.05 bits per heavy atom. The molecular weight excluding hydrogens is 276 g/mol. The van der Waals surface area contributed by atoms with E-state index in [0.29, 0.717) is 11.3 Å². The summed E-state index contributed by atoms with van der Waals surface area (Å²) in [4.78, 5) is 23.6. The largest absolute Gasteiger partial charge is 0.366 e. The molecule has 1 atom stereocenters. The van der Waals surface area contributed by atoms with E-state index in [-0.39, 0.29) is 11.8 Å². The van der Waals surface area contributed by atoms with E-state index in [4.69, 9.17) is 5.73 Å². The molecule has 2 amide bonds. The van der Waals surface area contributed by atoms with Crippen LogP contribution in [0.4, 0.5) is 5.69 Å². The van der Waals surface area contributed by atoms with E-state index in [1.54, 1.807) is 24.3 Å². The molecule has 0 heterocycles. The molecule has 0 saturated heterocycles. The minimum Gasteiger partial charge on any atom is -0.366 e. The summed E-state index contributed by atoms with van der Waals surface area (Å²) in [5, 5.41) is 2.90. The van der Waals surface area contributed by atoms with Crippen molar-refractivity contribution < 1.29 is 9.59 Å². The van der Waals surface area contributed by atoms with Gasteiger partial charge in [0, 0.05) is 11.3 Å². The van der Waals surface area contributed by atoms with Gasteiger partial charge in [-0.05, 0) is 36.2 Å². The van der Waals surface area contributed by atoms with Crippen molar-refractivity contribution in [3.05, 3.63) is 65.7 Å². The third kappa shape index (κ3) is 3.95. The Hall–Kier alpha value is -2.62. The van der Waals surface area contributed by atoms with Crippen LogP contribution in [0.15, 0.2) is 54.6 Å². The highest BCUT2D eigenvalue weighted by Crippen LogP contribution is 2.23. The lowest BCUT2D eigenvalue weighted by Gasteiger charge is -2.16. The van der Waals surface area contributed by atoms with E-state index in [1.807, 2.05) is 30.3 Å². The highest BCUT2D eigenvalue weighted by molar-refractivity contribution is 5.97. The summed E-state index contributed by atoms with van der Waals surface area (Å²) in [7, 11) is 0. The highest BCUT2D eigenvalue weighted by atomic mass is 16.2. The van der Waals surface area contributed by atoms with Gasteiger partial charge < -0.3 is 11.1 Å². The second-order valence-corrected chi connectivity index (χ2v) is 5.18. The van der Waals surface area contributed by atoms with Gasteiger partial charge in [0.05, 0.1) is 5.92 Å². The smallest absolute Gasteiger partial charge is 0.248 e. The predicted octanol–water partition coefficient (Wildman–Crippen LogP) is 3.31. The average molecular weight is 296 g/mol. The van der Waals surface area contributed by atoms with Crippen molar-refractivity contribution in [3.63, 3.8) is 0 Å². The summed E-state index contributed by atoms with van der Waals surface area (Å²) in [5.74, 6) is -0.701. The number of carbonyl (C=O) groups is 2. The first kappa shape index (κ1) is 15.8. The van der Waals surface area contributed by atoms with Crippen LogP contribution in [0, 0.1) is 0 Å². The molecule has 2 aromatic carbocycles. The molecule has 0 radical (unpaired) electrons. The highest BCUT2D eigenvalue weighted by Gasteiger charge is 2.19. The Balaban J connectivity index is 2.12. The van der Waals surface area contributed by atoms with Crippen molar-refractivity contribution in [3.8, 4) is 0 Å². The van der Waals surface area contributed by atoms with E-state index >= 15 is 0 Å². The van der Waals surface area contributed by atoms with E-state index in [1.165, 1.54) is 0 Å². The van der Waals surface area contributed by atoms with Crippen LogP contribution in [0.2, 0.25) is 0 Å². The summed E-state index contributed by atoms with van der Waals surface area (Å²) in [6, 6.07) is 16.3. The fourth-order valence-electron chi connectivity index (χ4n) is 2.37. The topological polar surface area (TPSA) is 72.2 Å². The zero-order valence-electron chi connectivity index (χ0n) is 12.6. The minimum atomic E-state index is -0.481. The van der Waals surface area contributed by atoms with Gasteiger partial charge in [0.2, 0.25) is 11.8 Å². The van der Waals surface area contributed by atoms with Gasteiger partial charge in [-0.3, -0.25) is 9.59 Å². The molecule has 0 aliphatic heterocycles.